The molecule has 2 bridgehead atoms. The van der Waals surface area contributed by atoms with Crippen molar-refractivity contribution in [2.45, 2.75) is 24.8 Å². The van der Waals surface area contributed by atoms with Gasteiger partial charge in [-0.1, -0.05) is 12.1 Å². The largest absolute Gasteiger partial charge is 0.493 e. The van der Waals surface area contributed by atoms with Crippen LogP contribution in [0.5, 0.6) is 5.75 Å². The first-order valence-corrected chi connectivity index (χ1v) is 10.9. The quantitative estimate of drug-likeness (QED) is 0.470. The fourth-order valence-corrected chi connectivity index (χ4v) is 5.27. The number of rotatable bonds is 5. The summed E-state index contributed by atoms with van der Waals surface area (Å²) in [7, 11) is 3.27. The Balaban J connectivity index is 1.47. The lowest BCUT2D eigenvalue weighted by molar-refractivity contribution is -0.166. The van der Waals surface area contributed by atoms with Gasteiger partial charge in [-0.2, -0.15) is 5.10 Å². The first-order valence-electron chi connectivity index (χ1n) is 10.9. The van der Waals surface area contributed by atoms with Crippen molar-refractivity contribution in [2.75, 3.05) is 12.4 Å². The first kappa shape index (κ1) is 20.7. The average Bonchev–Trinajstić information content (AvgIpc) is 3.16. The molecular weight excluding hydrogens is 437 g/mol. The molecule has 0 radical (unpaired) electrons. The van der Waals surface area contributed by atoms with Gasteiger partial charge in [-0.05, 0) is 31.4 Å². The van der Waals surface area contributed by atoms with Gasteiger partial charge in [-0.25, -0.2) is 19.3 Å². The van der Waals surface area contributed by atoms with Gasteiger partial charge in [-0.3, -0.25) is 9.48 Å². The van der Waals surface area contributed by atoms with Crippen LogP contribution in [0.4, 0.5) is 10.2 Å². The number of aromatic nitrogens is 5. The number of anilines is 1. The number of aryl methyl sites for hydroxylation is 1. The van der Waals surface area contributed by atoms with Gasteiger partial charge in [0.05, 0.1) is 18.0 Å². The van der Waals surface area contributed by atoms with Crippen LogP contribution in [0, 0.1) is 11.2 Å². The number of amides is 1. The Morgan fingerprint density at radius 3 is 2.65 bits per heavy atom. The zero-order chi connectivity index (χ0) is 23.7. The highest BCUT2D eigenvalue weighted by Gasteiger charge is 2.69. The number of nitrogens with zero attached hydrogens (tertiary/aromatic N) is 5. The molecule has 0 unspecified atom stereocenters. The predicted molar refractivity (Wildman–Crippen MR) is 123 cm³/mol. The SMILES string of the molecule is COc1cc2ncnc(-c3cn(C)nc3-c3ccccc3F)c2nc1NC(=O)C12CC(N)(C1)C2. The highest BCUT2D eigenvalue weighted by Crippen LogP contribution is 2.66. The van der Waals surface area contributed by atoms with Crippen molar-refractivity contribution in [1.82, 2.24) is 24.7 Å². The molecule has 0 spiro atoms. The molecule has 1 aromatic carbocycles. The maximum absolute atomic E-state index is 14.6. The summed E-state index contributed by atoms with van der Waals surface area (Å²) in [6.07, 6.45) is 5.21. The second-order valence-electron chi connectivity index (χ2n) is 9.30. The highest BCUT2D eigenvalue weighted by atomic mass is 19.1. The van der Waals surface area contributed by atoms with Crippen molar-refractivity contribution in [3.8, 4) is 28.3 Å². The van der Waals surface area contributed by atoms with Crippen LogP contribution in [0.1, 0.15) is 19.3 Å². The summed E-state index contributed by atoms with van der Waals surface area (Å²) in [5, 5.41) is 7.40. The van der Waals surface area contributed by atoms with Crippen molar-refractivity contribution in [3.05, 3.63) is 48.7 Å². The summed E-state index contributed by atoms with van der Waals surface area (Å²) in [5.74, 6) is 0.166. The maximum atomic E-state index is 14.6. The van der Waals surface area contributed by atoms with Crippen molar-refractivity contribution in [1.29, 1.82) is 0 Å². The molecule has 0 atom stereocenters. The van der Waals surface area contributed by atoms with E-state index in [1.807, 2.05) is 0 Å². The summed E-state index contributed by atoms with van der Waals surface area (Å²) in [6.45, 7) is 0. The van der Waals surface area contributed by atoms with Gasteiger partial charge in [-0.15, -0.1) is 0 Å². The zero-order valence-corrected chi connectivity index (χ0v) is 18.7. The van der Waals surface area contributed by atoms with E-state index in [-0.39, 0.29) is 23.1 Å². The van der Waals surface area contributed by atoms with Gasteiger partial charge in [0.25, 0.3) is 0 Å². The number of ether oxygens (including phenoxy) is 1. The Hall–Kier alpha value is -3.92. The Kier molecular flexibility index (Phi) is 4.28. The highest BCUT2D eigenvalue weighted by molar-refractivity contribution is 6.01. The second kappa shape index (κ2) is 7.04. The average molecular weight is 459 g/mol. The summed E-state index contributed by atoms with van der Waals surface area (Å²) in [5.41, 5.74) is 8.33. The molecule has 4 aromatic rings. The van der Waals surface area contributed by atoms with E-state index in [1.54, 1.807) is 42.2 Å². The van der Waals surface area contributed by atoms with E-state index in [0.29, 0.717) is 58.6 Å². The molecule has 3 heterocycles. The Morgan fingerprint density at radius 2 is 1.94 bits per heavy atom. The van der Waals surface area contributed by atoms with Crippen molar-refractivity contribution in [3.63, 3.8) is 0 Å². The van der Waals surface area contributed by atoms with E-state index in [0.717, 1.165) is 0 Å². The van der Waals surface area contributed by atoms with Crippen LogP contribution in [0.3, 0.4) is 0 Å². The number of carbonyl (C=O) groups excluding carboxylic acids is 1. The molecule has 172 valence electrons. The number of carbonyl (C=O) groups is 1. The van der Waals surface area contributed by atoms with Crippen molar-refractivity contribution >= 4 is 22.8 Å². The lowest BCUT2D eigenvalue weighted by atomic mass is 9.39. The number of pyridine rings is 1. The fourth-order valence-electron chi connectivity index (χ4n) is 5.27. The van der Waals surface area contributed by atoms with E-state index >= 15 is 0 Å². The third-order valence-corrected chi connectivity index (χ3v) is 6.79. The third kappa shape index (κ3) is 2.98. The summed E-state index contributed by atoms with van der Waals surface area (Å²) in [6, 6.07) is 8.14. The van der Waals surface area contributed by atoms with E-state index in [9.17, 15) is 9.18 Å². The number of fused-ring (bicyclic) bond motifs is 1. The number of nitrogens with one attached hydrogen (secondary N) is 1. The lowest BCUT2D eigenvalue weighted by Gasteiger charge is -2.67. The molecule has 10 heteroatoms. The molecule has 3 saturated carbocycles. The van der Waals surface area contributed by atoms with E-state index in [4.69, 9.17) is 15.5 Å². The van der Waals surface area contributed by atoms with Crippen LogP contribution in [0.15, 0.2) is 42.9 Å². The Labute approximate surface area is 194 Å². The summed E-state index contributed by atoms with van der Waals surface area (Å²) >= 11 is 0. The fraction of sp³-hybridized carbons (Fsp3) is 0.292. The first-order chi connectivity index (χ1) is 16.3. The van der Waals surface area contributed by atoms with Gasteiger partial charge < -0.3 is 15.8 Å². The molecule has 3 fully saturated rings. The van der Waals surface area contributed by atoms with Crippen molar-refractivity contribution < 1.29 is 13.9 Å². The predicted octanol–water partition coefficient (Wildman–Crippen LogP) is 3.06. The maximum Gasteiger partial charge on any atom is 0.232 e. The minimum absolute atomic E-state index is 0.114. The van der Waals surface area contributed by atoms with Gasteiger partial charge in [0.15, 0.2) is 11.6 Å². The van der Waals surface area contributed by atoms with E-state index < -0.39 is 5.41 Å². The molecule has 3 aliphatic rings. The second-order valence-corrected chi connectivity index (χ2v) is 9.30. The van der Waals surface area contributed by atoms with E-state index in [2.05, 4.69) is 20.4 Å². The van der Waals surface area contributed by atoms with Crippen LogP contribution in [-0.2, 0) is 11.8 Å². The molecule has 3 N–H and O–H groups in total. The number of hydrogen-bond acceptors (Lipinski definition) is 7. The van der Waals surface area contributed by atoms with Gasteiger partial charge >= 0.3 is 0 Å². The molecule has 34 heavy (non-hydrogen) atoms. The molecule has 9 nitrogen and oxygen atoms in total. The molecule has 1 amide bonds. The molecular formula is C24H22FN7O2. The van der Waals surface area contributed by atoms with Crippen LogP contribution in [0.2, 0.25) is 0 Å². The number of nitrogens with two attached hydrogens (primary N) is 1. The number of halogens is 1. The number of methoxy groups -OCH3 is 1. The van der Waals surface area contributed by atoms with Crippen LogP contribution in [-0.4, -0.2) is 43.3 Å². The summed E-state index contributed by atoms with van der Waals surface area (Å²) in [4.78, 5) is 26.5. The minimum atomic E-state index is -0.423. The van der Waals surface area contributed by atoms with Crippen LogP contribution < -0.4 is 15.8 Å². The Bertz CT molecular complexity index is 1460. The zero-order valence-electron chi connectivity index (χ0n) is 18.7. The molecule has 0 aliphatic heterocycles. The number of benzene rings is 1. The van der Waals surface area contributed by atoms with Gasteiger partial charge in [0.1, 0.15) is 29.0 Å². The monoisotopic (exact) mass is 459 g/mol. The lowest BCUT2D eigenvalue weighted by Crippen LogP contribution is -2.75. The van der Waals surface area contributed by atoms with Gasteiger partial charge in [0.2, 0.25) is 5.91 Å². The molecule has 3 aliphatic carbocycles. The van der Waals surface area contributed by atoms with Crippen LogP contribution >= 0.6 is 0 Å². The van der Waals surface area contributed by atoms with Crippen molar-refractivity contribution in [2.24, 2.45) is 18.2 Å². The number of hydrogen-bond donors (Lipinski definition) is 2. The minimum Gasteiger partial charge on any atom is -0.493 e. The molecule has 3 aromatic heterocycles. The smallest absolute Gasteiger partial charge is 0.232 e. The third-order valence-electron chi connectivity index (χ3n) is 6.79. The Morgan fingerprint density at radius 1 is 1.18 bits per heavy atom. The van der Waals surface area contributed by atoms with Gasteiger partial charge in [0, 0.05) is 36.0 Å². The van der Waals surface area contributed by atoms with Crippen LogP contribution in [0.25, 0.3) is 33.5 Å². The standard InChI is InChI=1S/C24H22FN7O2/c1-32-8-14(18(31-32)13-5-3-4-6-15(13)25)19-20-16(27-12-28-19)7-17(34-2)21(29-20)30-22(33)23-9-24(26,10-23)11-23/h3-8,12H,9-11,26H2,1-2H3,(H,29,30,33). The topological polar surface area (TPSA) is 121 Å². The normalized spacial score (nSPS) is 22.7. The molecule has 0 saturated heterocycles. The summed E-state index contributed by atoms with van der Waals surface area (Å²) < 4.78 is 21.7. The molecule has 7 rings (SSSR count). The van der Waals surface area contributed by atoms with E-state index in [1.165, 1.54) is 19.5 Å².